The maximum absolute atomic E-state index is 13.4. The largest absolute Gasteiger partial charge is 0.339 e. The molecule has 1 fully saturated rings. The van der Waals surface area contributed by atoms with E-state index in [1.54, 1.807) is 11.3 Å². The molecule has 2 aromatic carbocycles. The van der Waals surface area contributed by atoms with Crippen molar-refractivity contribution >= 4 is 33.2 Å². The first-order valence-corrected chi connectivity index (χ1v) is 10.6. The van der Waals surface area contributed by atoms with Crippen molar-refractivity contribution in [3.05, 3.63) is 70.0 Å². The molecule has 1 aromatic heterocycles. The molecule has 4 heteroatoms. The molecule has 1 saturated heterocycles. The zero-order chi connectivity index (χ0) is 17.9. The standard InChI is InChI=1S/C22H20BrNOS/c23-21-19(22(25)24-14-8-3-9-15-24)18(16-10-4-1-5-11-16)20(26-21)17-12-6-2-7-13-17/h1-2,4-7,10-13H,3,8-9,14-15H2. The average Bonchev–Trinajstić information content (AvgIpc) is 3.06. The highest BCUT2D eigenvalue weighted by Gasteiger charge is 2.28. The fraction of sp³-hybridized carbons (Fsp3) is 0.227. The second kappa shape index (κ2) is 7.77. The van der Waals surface area contributed by atoms with Gasteiger partial charge in [0.2, 0.25) is 0 Å². The van der Waals surface area contributed by atoms with E-state index in [4.69, 9.17) is 0 Å². The van der Waals surface area contributed by atoms with Crippen LogP contribution in [0.15, 0.2) is 64.5 Å². The number of piperidine rings is 1. The Morgan fingerprint density at radius 1 is 0.846 bits per heavy atom. The van der Waals surface area contributed by atoms with Crippen LogP contribution in [0.5, 0.6) is 0 Å². The van der Waals surface area contributed by atoms with Gasteiger partial charge in [0.05, 0.1) is 9.35 Å². The molecule has 0 saturated carbocycles. The molecule has 0 aliphatic carbocycles. The van der Waals surface area contributed by atoms with E-state index >= 15 is 0 Å². The number of halogens is 1. The number of benzene rings is 2. The zero-order valence-electron chi connectivity index (χ0n) is 14.5. The Hall–Kier alpha value is -1.91. The molecule has 1 aliphatic heterocycles. The van der Waals surface area contributed by atoms with Crippen LogP contribution in [-0.4, -0.2) is 23.9 Å². The Balaban J connectivity index is 1.88. The number of hydrogen-bond donors (Lipinski definition) is 0. The van der Waals surface area contributed by atoms with E-state index in [0.29, 0.717) is 0 Å². The topological polar surface area (TPSA) is 20.3 Å². The van der Waals surface area contributed by atoms with E-state index in [9.17, 15) is 4.79 Å². The van der Waals surface area contributed by atoms with Crippen molar-refractivity contribution in [2.24, 2.45) is 0 Å². The number of rotatable bonds is 3. The third-order valence-electron chi connectivity index (χ3n) is 4.82. The summed E-state index contributed by atoms with van der Waals surface area (Å²) in [7, 11) is 0. The lowest BCUT2D eigenvalue weighted by molar-refractivity contribution is 0.0725. The molecule has 0 atom stereocenters. The van der Waals surface area contributed by atoms with Crippen LogP contribution < -0.4 is 0 Å². The van der Waals surface area contributed by atoms with Crippen LogP contribution in [0.3, 0.4) is 0 Å². The molecule has 0 N–H and O–H groups in total. The predicted molar refractivity (Wildman–Crippen MR) is 113 cm³/mol. The van der Waals surface area contributed by atoms with Crippen molar-refractivity contribution in [1.82, 2.24) is 4.90 Å². The lowest BCUT2D eigenvalue weighted by Gasteiger charge is -2.27. The summed E-state index contributed by atoms with van der Waals surface area (Å²) in [4.78, 5) is 16.5. The number of hydrogen-bond acceptors (Lipinski definition) is 2. The van der Waals surface area contributed by atoms with Gasteiger partial charge in [-0.05, 0) is 46.3 Å². The van der Waals surface area contributed by atoms with Crippen molar-refractivity contribution in [2.45, 2.75) is 19.3 Å². The van der Waals surface area contributed by atoms with Gasteiger partial charge in [-0.1, -0.05) is 60.7 Å². The van der Waals surface area contributed by atoms with Gasteiger partial charge in [0.15, 0.2) is 0 Å². The minimum Gasteiger partial charge on any atom is -0.339 e. The summed E-state index contributed by atoms with van der Waals surface area (Å²) in [5, 5.41) is 0. The SMILES string of the molecule is O=C(c1c(Br)sc(-c2ccccc2)c1-c1ccccc1)N1CCCCC1. The Morgan fingerprint density at radius 2 is 1.42 bits per heavy atom. The van der Waals surface area contributed by atoms with Gasteiger partial charge in [0.25, 0.3) is 5.91 Å². The Kier molecular flexibility index (Phi) is 5.23. The summed E-state index contributed by atoms with van der Waals surface area (Å²) in [6.07, 6.45) is 3.41. The van der Waals surface area contributed by atoms with Crippen molar-refractivity contribution in [3.8, 4) is 21.6 Å². The van der Waals surface area contributed by atoms with Crippen molar-refractivity contribution in [1.29, 1.82) is 0 Å². The first kappa shape index (κ1) is 17.5. The Labute approximate surface area is 166 Å². The highest BCUT2D eigenvalue weighted by molar-refractivity contribution is 9.11. The predicted octanol–water partition coefficient (Wildman–Crippen LogP) is 6.47. The third-order valence-corrected chi connectivity index (χ3v) is 6.73. The molecule has 0 radical (unpaired) electrons. The summed E-state index contributed by atoms with van der Waals surface area (Å²) < 4.78 is 0.922. The first-order chi connectivity index (χ1) is 12.8. The van der Waals surface area contributed by atoms with Gasteiger partial charge >= 0.3 is 0 Å². The highest BCUT2D eigenvalue weighted by Crippen LogP contribution is 2.46. The van der Waals surface area contributed by atoms with Gasteiger partial charge in [0, 0.05) is 23.5 Å². The van der Waals surface area contributed by atoms with Crippen LogP contribution >= 0.6 is 27.3 Å². The number of carbonyl (C=O) groups excluding carboxylic acids is 1. The summed E-state index contributed by atoms with van der Waals surface area (Å²) in [5.41, 5.74) is 4.09. The quantitative estimate of drug-likeness (QED) is 0.470. The number of likely N-dealkylation sites (tertiary alicyclic amines) is 1. The van der Waals surface area contributed by atoms with Crippen molar-refractivity contribution in [3.63, 3.8) is 0 Å². The molecule has 0 spiro atoms. The maximum Gasteiger partial charge on any atom is 0.256 e. The molecule has 0 bridgehead atoms. The van der Waals surface area contributed by atoms with Crippen LogP contribution in [0.25, 0.3) is 21.6 Å². The fourth-order valence-electron chi connectivity index (χ4n) is 3.52. The van der Waals surface area contributed by atoms with Gasteiger partial charge in [0.1, 0.15) is 0 Å². The molecule has 2 nitrogen and oxygen atoms in total. The molecular formula is C22H20BrNOS. The Bertz CT molecular complexity index is 899. The summed E-state index contributed by atoms with van der Waals surface area (Å²) in [5.74, 6) is 0.147. The zero-order valence-corrected chi connectivity index (χ0v) is 16.9. The molecule has 132 valence electrons. The molecule has 4 rings (SSSR count). The lowest BCUT2D eigenvalue weighted by Crippen LogP contribution is -2.35. The van der Waals surface area contributed by atoms with Crippen LogP contribution in [0.4, 0.5) is 0 Å². The molecule has 1 amide bonds. The van der Waals surface area contributed by atoms with Crippen LogP contribution in [0.1, 0.15) is 29.6 Å². The minimum atomic E-state index is 0.147. The van der Waals surface area contributed by atoms with Gasteiger partial charge < -0.3 is 4.90 Å². The lowest BCUT2D eigenvalue weighted by atomic mass is 9.97. The molecule has 0 unspecified atom stereocenters. The van der Waals surface area contributed by atoms with E-state index in [1.165, 1.54) is 6.42 Å². The summed E-state index contributed by atoms with van der Waals surface area (Å²) in [6.45, 7) is 1.71. The van der Waals surface area contributed by atoms with Crippen molar-refractivity contribution < 1.29 is 4.79 Å². The van der Waals surface area contributed by atoms with E-state index in [1.807, 2.05) is 41.3 Å². The van der Waals surface area contributed by atoms with Crippen LogP contribution in [0, 0.1) is 0 Å². The monoisotopic (exact) mass is 425 g/mol. The summed E-state index contributed by atoms with van der Waals surface area (Å²) in [6, 6.07) is 20.6. The second-order valence-electron chi connectivity index (χ2n) is 6.54. The molecule has 1 aliphatic rings. The van der Waals surface area contributed by atoms with Gasteiger partial charge in [-0.2, -0.15) is 0 Å². The molecule has 2 heterocycles. The number of amides is 1. The van der Waals surface area contributed by atoms with Gasteiger partial charge in [-0.15, -0.1) is 11.3 Å². The van der Waals surface area contributed by atoms with E-state index in [-0.39, 0.29) is 5.91 Å². The van der Waals surface area contributed by atoms with Crippen LogP contribution in [-0.2, 0) is 0 Å². The smallest absolute Gasteiger partial charge is 0.256 e. The van der Waals surface area contributed by atoms with E-state index < -0.39 is 0 Å². The van der Waals surface area contributed by atoms with Crippen molar-refractivity contribution in [2.75, 3.05) is 13.1 Å². The maximum atomic E-state index is 13.4. The minimum absolute atomic E-state index is 0.147. The average molecular weight is 426 g/mol. The number of thiophene rings is 1. The Morgan fingerprint density at radius 3 is 2.04 bits per heavy atom. The fourth-order valence-corrected chi connectivity index (χ4v) is 5.42. The molecule has 26 heavy (non-hydrogen) atoms. The van der Waals surface area contributed by atoms with E-state index in [0.717, 1.165) is 56.8 Å². The normalized spacial score (nSPS) is 14.4. The summed E-state index contributed by atoms with van der Waals surface area (Å²) >= 11 is 5.35. The van der Waals surface area contributed by atoms with E-state index in [2.05, 4.69) is 40.2 Å². The highest BCUT2D eigenvalue weighted by atomic mass is 79.9. The third kappa shape index (κ3) is 3.36. The molecular weight excluding hydrogens is 406 g/mol. The van der Waals surface area contributed by atoms with Gasteiger partial charge in [-0.25, -0.2) is 0 Å². The first-order valence-electron chi connectivity index (χ1n) is 8.98. The number of nitrogens with zero attached hydrogens (tertiary/aromatic N) is 1. The second-order valence-corrected chi connectivity index (χ2v) is 8.88. The van der Waals surface area contributed by atoms with Gasteiger partial charge in [-0.3, -0.25) is 4.79 Å². The number of carbonyl (C=O) groups is 1. The van der Waals surface area contributed by atoms with Crippen LogP contribution in [0.2, 0.25) is 0 Å². The molecule has 3 aromatic rings.